The Kier molecular flexibility index (Phi) is 2.77. The molecule has 0 amide bonds. The summed E-state index contributed by atoms with van der Waals surface area (Å²) in [4.78, 5) is 5.26. The summed E-state index contributed by atoms with van der Waals surface area (Å²) in [7, 11) is 0. The molecular weight excluding hydrogens is 284 g/mol. The molecule has 2 aliphatic rings. The molecule has 3 nitrogen and oxygen atoms in total. The lowest BCUT2D eigenvalue weighted by atomic mass is 10.0. The van der Waals surface area contributed by atoms with Crippen LogP contribution in [0.1, 0.15) is 25.3 Å². The van der Waals surface area contributed by atoms with Gasteiger partial charge in [0.05, 0.1) is 6.17 Å². The first-order valence-corrected chi connectivity index (χ1v) is 8.66. The first-order chi connectivity index (χ1) is 11.2. The monoisotopic (exact) mass is 306 g/mol. The van der Waals surface area contributed by atoms with Crippen LogP contribution in [0.15, 0.2) is 40.8 Å². The summed E-state index contributed by atoms with van der Waals surface area (Å²) >= 11 is 0. The number of hydrogen-bond acceptors (Lipinski definition) is 3. The summed E-state index contributed by atoms with van der Waals surface area (Å²) < 4.78 is 6.04. The molecule has 23 heavy (non-hydrogen) atoms. The molecule has 3 atom stereocenters. The number of rotatable bonds is 1. The number of hydrogen-bond donors (Lipinski definition) is 0. The third-order valence-electron chi connectivity index (χ3n) is 5.73. The average molecular weight is 306 g/mol. The molecule has 5 rings (SSSR count). The lowest BCUT2D eigenvalue weighted by Gasteiger charge is -2.30. The van der Waals surface area contributed by atoms with E-state index in [0.29, 0.717) is 12.2 Å². The third kappa shape index (κ3) is 1.86. The van der Waals surface area contributed by atoms with Crippen molar-refractivity contribution in [2.75, 3.05) is 18.0 Å². The quantitative estimate of drug-likeness (QED) is 0.659. The van der Waals surface area contributed by atoms with Crippen LogP contribution in [0, 0.1) is 6.92 Å². The van der Waals surface area contributed by atoms with Gasteiger partial charge in [0, 0.05) is 35.6 Å². The highest BCUT2D eigenvalue weighted by molar-refractivity contribution is 6.06. The lowest BCUT2D eigenvalue weighted by molar-refractivity contribution is 0.244. The van der Waals surface area contributed by atoms with Crippen molar-refractivity contribution < 1.29 is 4.42 Å². The fourth-order valence-electron chi connectivity index (χ4n) is 4.57. The van der Waals surface area contributed by atoms with E-state index in [1.54, 1.807) is 0 Å². The molecule has 1 aromatic heterocycles. The van der Waals surface area contributed by atoms with E-state index < -0.39 is 0 Å². The summed E-state index contributed by atoms with van der Waals surface area (Å²) in [6, 6.07) is 13.6. The van der Waals surface area contributed by atoms with Crippen LogP contribution >= 0.6 is 0 Å². The molecule has 2 fully saturated rings. The van der Waals surface area contributed by atoms with Crippen molar-refractivity contribution in [2.45, 2.75) is 38.9 Å². The molecule has 2 saturated heterocycles. The standard InChI is InChI=1S/C20H22N2O/c1-13-10-20-17(16-7-3-4-8-19(16)23-20)11-18(13)22-14(2)21-9-5-6-15(22)12-21/h3-4,7-8,10-11,14-15H,5-6,9,12H2,1-2H3. The SMILES string of the molecule is Cc1cc2oc3ccccc3c2cc1N1C2CCCN(C2)C1C. The molecule has 0 saturated carbocycles. The van der Waals surface area contributed by atoms with Gasteiger partial charge in [-0.2, -0.15) is 0 Å². The molecule has 3 unspecified atom stereocenters. The molecule has 3 aromatic rings. The fourth-order valence-corrected chi connectivity index (χ4v) is 4.57. The van der Waals surface area contributed by atoms with Crippen molar-refractivity contribution >= 4 is 27.6 Å². The summed E-state index contributed by atoms with van der Waals surface area (Å²) in [5.74, 6) is 0. The van der Waals surface area contributed by atoms with Crippen molar-refractivity contribution in [3.05, 3.63) is 42.0 Å². The zero-order valence-electron chi connectivity index (χ0n) is 13.7. The topological polar surface area (TPSA) is 19.6 Å². The Bertz CT molecular complexity index is 895. The molecule has 3 heterocycles. The molecule has 0 N–H and O–H groups in total. The maximum Gasteiger partial charge on any atom is 0.135 e. The van der Waals surface area contributed by atoms with E-state index in [4.69, 9.17) is 4.42 Å². The van der Waals surface area contributed by atoms with Crippen molar-refractivity contribution in [1.29, 1.82) is 0 Å². The largest absolute Gasteiger partial charge is 0.456 e. The molecule has 2 aromatic carbocycles. The number of furan rings is 1. The fraction of sp³-hybridized carbons (Fsp3) is 0.400. The number of benzene rings is 2. The number of para-hydroxylation sites is 1. The Morgan fingerprint density at radius 2 is 1.96 bits per heavy atom. The van der Waals surface area contributed by atoms with E-state index in [2.05, 4.69) is 54.0 Å². The molecule has 2 aliphatic heterocycles. The Balaban J connectivity index is 1.72. The van der Waals surface area contributed by atoms with Gasteiger partial charge in [0.25, 0.3) is 0 Å². The van der Waals surface area contributed by atoms with Gasteiger partial charge in [-0.3, -0.25) is 4.90 Å². The highest BCUT2D eigenvalue weighted by atomic mass is 16.3. The summed E-state index contributed by atoms with van der Waals surface area (Å²) in [6.45, 7) is 7.02. The van der Waals surface area contributed by atoms with Gasteiger partial charge < -0.3 is 9.32 Å². The Morgan fingerprint density at radius 1 is 1.09 bits per heavy atom. The van der Waals surface area contributed by atoms with Crippen LogP contribution in [-0.4, -0.2) is 30.2 Å². The number of piperidine rings is 1. The zero-order valence-corrected chi connectivity index (χ0v) is 13.7. The van der Waals surface area contributed by atoms with Gasteiger partial charge in [0.1, 0.15) is 11.2 Å². The first-order valence-electron chi connectivity index (χ1n) is 8.66. The number of fused-ring (bicyclic) bond motifs is 5. The van der Waals surface area contributed by atoms with Crippen LogP contribution in [0.5, 0.6) is 0 Å². The van der Waals surface area contributed by atoms with Gasteiger partial charge in [0.15, 0.2) is 0 Å². The first kappa shape index (κ1) is 13.4. The number of aryl methyl sites for hydroxylation is 1. The lowest BCUT2D eigenvalue weighted by Crippen LogP contribution is -2.36. The molecule has 0 spiro atoms. The predicted octanol–water partition coefficient (Wildman–Crippen LogP) is 4.52. The van der Waals surface area contributed by atoms with Gasteiger partial charge in [-0.05, 0) is 50.5 Å². The molecule has 0 radical (unpaired) electrons. The van der Waals surface area contributed by atoms with Gasteiger partial charge >= 0.3 is 0 Å². The zero-order chi connectivity index (χ0) is 15.6. The minimum absolute atomic E-state index is 0.497. The van der Waals surface area contributed by atoms with Crippen LogP contribution in [0.25, 0.3) is 21.9 Å². The summed E-state index contributed by atoms with van der Waals surface area (Å²) in [5, 5.41) is 2.46. The van der Waals surface area contributed by atoms with Crippen molar-refractivity contribution in [3.63, 3.8) is 0 Å². The van der Waals surface area contributed by atoms with Crippen LogP contribution < -0.4 is 4.90 Å². The Hall–Kier alpha value is -2.00. The Labute approximate surface area is 136 Å². The van der Waals surface area contributed by atoms with Gasteiger partial charge in [-0.1, -0.05) is 18.2 Å². The van der Waals surface area contributed by atoms with Crippen LogP contribution in [-0.2, 0) is 0 Å². The van der Waals surface area contributed by atoms with Crippen molar-refractivity contribution in [3.8, 4) is 0 Å². The highest BCUT2D eigenvalue weighted by Gasteiger charge is 2.39. The molecule has 118 valence electrons. The summed E-state index contributed by atoms with van der Waals surface area (Å²) in [5.41, 5.74) is 4.68. The number of anilines is 1. The maximum atomic E-state index is 6.04. The molecule has 2 bridgehead atoms. The second-order valence-corrected chi connectivity index (χ2v) is 7.06. The second kappa shape index (κ2) is 4.75. The van der Waals surface area contributed by atoms with E-state index in [0.717, 1.165) is 11.2 Å². The summed E-state index contributed by atoms with van der Waals surface area (Å²) in [6.07, 6.45) is 3.13. The van der Waals surface area contributed by atoms with E-state index in [1.165, 1.54) is 48.0 Å². The van der Waals surface area contributed by atoms with E-state index in [9.17, 15) is 0 Å². The average Bonchev–Trinajstić information content (AvgIpc) is 3.02. The van der Waals surface area contributed by atoms with Gasteiger partial charge in [-0.25, -0.2) is 0 Å². The highest BCUT2D eigenvalue weighted by Crippen LogP contribution is 2.39. The second-order valence-electron chi connectivity index (χ2n) is 7.06. The Morgan fingerprint density at radius 3 is 2.83 bits per heavy atom. The van der Waals surface area contributed by atoms with Crippen LogP contribution in [0.2, 0.25) is 0 Å². The van der Waals surface area contributed by atoms with Gasteiger partial charge in [-0.15, -0.1) is 0 Å². The number of nitrogens with zero attached hydrogens (tertiary/aromatic N) is 2. The predicted molar refractivity (Wildman–Crippen MR) is 95.0 cm³/mol. The van der Waals surface area contributed by atoms with Crippen LogP contribution in [0.3, 0.4) is 0 Å². The van der Waals surface area contributed by atoms with E-state index in [-0.39, 0.29) is 0 Å². The maximum absolute atomic E-state index is 6.04. The molecular formula is C20H22N2O. The van der Waals surface area contributed by atoms with Crippen LogP contribution in [0.4, 0.5) is 5.69 Å². The van der Waals surface area contributed by atoms with Gasteiger partial charge in [0.2, 0.25) is 0 Å². The van der Waals surface area contributed by atoms with Crippen molar-refractivity contribution in [2.24, 2.45) is 0 Å². The molecule has 3 heteroatoms. The molecule has 0 aliphatic carbocycles. The third-order valence-corrected chi connectivity index (χ3v) is 5.73. The van der Waals surface area contributed by atoms with E-state index >= 15 is 0 Å². The van der Waals surface area contributed by atoms with E-state index in [1.807, 2.05) is 6.07 Å². The minimum atomic E-state index is 0.497. The normalized spacial score (nSPS) is 27.2. The van der Waals surface area contributed by atoms with Crippen molar-refractivity contribution in [1.82, 2.24) is 4.90 Å². The smallest absolute Gasteiger partial charge is 0.135 e. The minimum Gasteiger partial charge on any atom is -0.456 e.